The Morgan fingerprint density at radius 3 is 2.55 bits per heavy atom. The maximum absolute atomic E-state index is 12.2. The highest BCUT2D eigenvalue weighted by Gasteiger charge is 2.27. The fourth-order valence-corrected chi connectivity index (χ4v) is 3.13. The number of nitrogens with one attached hydrogen (secondary N) is 1. The molecule has 3 rings (SSSR count). The van der Waals surface area contributed by atoms with Crippen molar-refractivity contribution in [3.8, 4) is 0 Å². The highest BCUT2D eigenvalue weighted by atomic mass is 16.2. The third-order valence-electron chi connectivity index (χ3n) is 4.30. The van der Waals surface area contributed by atoms with Crippen LogP contribution in [0.2, 0.25) is 0 Å². The molecule has 0 spiro atoms. The summed E-state index contributed by atoms with van der Waals surface area (Å²) in [5.74, 6) is -0.817. The first-order valence-electron chi connectivity index (χ1n) is 7.40. The summed E-state index contributed by atoms with van der Waals surface area (Å²) in [6, 6.07) is 8.32. The Hall–Kier alpha value is -1.84. The number of hydrogen-bond acceptors (Lipinski definition) is 2. The summed E-state index contributed by atoms with van der Waals surface area (Å²) in [5.41, 5.74) is 2.44. The lowest BCUT2D eigenvalue weighted by Gasteiger charge is -2.28. The summed E-state index contributed by atoms with van der Waals surface area (Å²) >= 11 is 0. The lowest BCUT2D eigenvalue weighted by Crippen LogP contribution is -2.47. The van der Waals surface area contributed by atoms with Crippen LogP contribution in [0.5, 0.6) is 0 Å². The summed E-state index contributed by atoms with van der Waals surface area (Å²) in [4.78, 5) is 25.9. The van der Waals surface area contributed by atoms with E-state index in [0.717, 1.165) is 37.7 Å². The summed E-state index contributed by atoms with van der Waals surface area (Å²) in [6.07, 6.45) is 5.13. The molecule has 4 heteroatoms. The number of carbonyl (C=O) groups is 2. The molecule has 0 bridgehead atoms. The molecule has 1 aliphatic carbocycles. The van der Waals surface area contributed by atoms with Crippen molar-refractivity contribution in [2.24, 2.45) is 0 Å². The minimum Gasteiger partial charge on any atom is -0.345 e. The second-order valence-electron chi connectivity index (χ2n) is 5.70. The molecular weight excluding hydrogens is 252 g/mol. The second-order valence-corrected chi connectivity index (χ2v) is 5.70. The zero-order chi connectivity index (χ0) is 13.9. The van der Waals surface area contributed by atoms with Crippen molar-refractivity contribution in [2.45, 2.75) is 44.7 Å². The Morgan fingerprint density at radius 1 is 1.10 bits per heavy atom. The van der Waals surface area contributed by atoms with Crippen molar-refractivity contribution in [3.63, 3.8) is 0 Å². The Labute approximate surface area is 119 Å². The normalized spacial score (nSPS) is 18.7. The number of benzene rings is 1. The molecule has 20 heavy (non-hydrogen) atoms. The third-order valence-corrected chi connectivity index (χ3v) is 4.30. The Kier molecular flexibility index (Phi) is 3.72. The Balaban J connectivity index is 1.62. The predicted molar refractivity (Wildman–Crippen MR) is 76.0 cm³/mol. The van der Waals surface area contributed by atoms with E-state index in [9.17, 15) is 9.59 Å². The summed E-state index contributed by atoms with van der Waals surface area (Å²) < 4.78 is 0. The highest BCUT2D eigenvalue weighted by Crippen LogP contribution is 2.20. The van der Waals surface area contributed by atoms with Crippen LogP contribution in [0.1, 0.15) is 36.8 Å². The van der Waals surface area contributed by atoms with E-state index >= 15 is 0 Å². The molecule has 0 radical (unpaired) electrons. The van der Waals surface area contributed by atoms with Gasteiger partial charge in [0, 0.05) is 19.1 Å². The van der Waals surface area contributed by atoms with E-state index in [1.165, 1.54) is 5.56 Å². The molecule has 0 aromatic heterocycles. The van der Waals surface area contributed by atoms with Gasteiger partial charge in [-0.25, -0.2) is 0 Å². The van der Waals surface area contributed by atoms with Crippen molar-refractivity contribution < 1.29 is 9.59 Å². The van der Waals surface area contributed by atoms with Crippen LogP contribution in [0.4, 0.5) is 0 Å². The zero-order valence-electron chi connectivity index (χ0n) is 11.6. The van der Waals surface area contributed by atoms with Crippen LogP contribution in [0.15, 0.2) is 24.3 Å². The van der Waals surface area contributed by atoms with Gasteiger partial charge in [0.05, 0.1) is 0 Å². The SMILES string of the molecule is O=C(NC1CCCC1)C(=O)N1CCc2ccccc2C1. The Morgan fingerprint density at radius 2 is 1.80 bits per heavy atom. The number of fused-ring (bicyclic) bond motifs is 1. The van der Waals surface area contributed by atoms with E-state index in [0.29, 0.717) is 13.1 Å². The first-order valence-corrected chi connectivity index (χ1v) is 7.40. The molecule has 1 aromatic carbocycles. The van der Waals surface area contributed by atoms with Gasteiger partial charge in [0.15, 0.2) is 0 Å². The van der Waals surface area contributed by atoms with Gasteiger partial charge in [-0.3, -0.25) is 9.59 Å². The lowest BCUT2D eigenvalue weighted by molar-refractivity contribution is -0.146. The molecule has 0 atom stereocenters. The fraction of sp³-hybridized carbons (Fsp3) is 0.500. The van der Waals surface area contributed by atoms with Crippen LogP contribution in [0.3, 0.4) is 0 Å². The molecule has 106 valence electrons. The van der Waals surface area contributed by atoms with Gasteiger partial charge >= 0.3 is 11.8 Å². The van der Waals surface area contributed by atoms with Crippen LogP contribution in [0, 0.1) is 0 Å². The highest BCUT2D eigenvalue weighted by molar-refractivity contribution is 6.35. The van der Waals surface area contributed by atoms with Crippen LogP contribution in [-0.2, 0) is 22.6 Å². The van der Waals surface area contributed by atoms with E-state index < -0.39 is 5.91 Å². The minimum absolute atomic E-state index is 0.198. The summed E-state index contributed by atoms with van der Waals surface area (Å²) in [7, 11) is 0. The molecule has 0 saturated heterocycles. The number of carbonyl (C=O) groups excluding carboxylic acids is 2. The van der Waals surface area contributed by atoms with Gasteiger partial charge in [0.2, 0.25) is 0 Å². The van der Waals surface area contributed by atoms with Crippen molar-refractivity contribution in [1.29, 1.82) is 0 Å². The maximum atomic E-state index is 12.2. The van der Waals surface area contributed by atoms with Gasteiger partial charge in [-0.15, -0.1) is 0 Å². The molecule has 1 N–H and O–H groups in total. The van der Waals surface area contributed by atoms with E-state index in [1.54, 1.807) is 4.90 Å². The second kappa shape index (κ2) is 5.65. The molecular formula is C16H20N2O2. The van der Waals surface area contributed by atoms with Gasteiger partial charge in [-0.05, 0) is 30.4 Å². The fourth-order valence-electron chi connectivity index (χ4n) is 3.13. The topological polar surface area (TPSA) is 49.4 Å². The van der Waals surface area contributed by atoms with E-state index in [-0.39, 0.29) is 11.9 Å². The molecule has 2 amide bonds. The van der Waals surface area contributed by atoms with Crippen molar-refractivity contribution in [3.05, 3.63) is 35.4 Å². The predicted octanol–water partition coefficient (Wildman–Crippen LogP) is 1.63. The molecule has 1 heterocycles. The van der Waals surface area contributed by atoms with Gasteiger partial charge in [-0.2, -0.15) is 0 Å². The molecule has 1 saturated carbocycles. The third kappa shape index (κ3) is 2.69. The van der Waals surface area contributed by atoms with Crippen molar-refractivity contribution >= 4 is 11.8 Å². The lowest BCUT2D eigenvalue weighted by atomic mass is 10.00. The molecule has 1 aromatic rings. The average molecular weight is 272 g/mol. The van der Waals surface area contributed by atoms with Crippen LogP contribution in [0.25, 0.3) is 0 Å². The van der Waals surface area contributed by atoms with Gasteiger partial charge in [0.25, 0.3) is 0 Å². The van der Waals surface area contributed by atoms with Crippen LogP contribution in [-0.4, -0.2) is 29.3 Å². The molecule has 1 aliphatic heterocycles. The van der Waals surface area contributed by atoms with Crippen molar-refractivity contribution in [2.75, 3.05) is 6.54 Å². The van der Waals surface area contributed by atoms with Gasteiger partial charge in [0.1, 0.15) is 0 Å². The van der Waals surface area contributed by atoms with E-state index in [1.807, 2.05) is 18.2 Å². The number of nitrogens with zero attached hydrogens (tertiary/aromatic N) is 1. The number of hydrogen-bond donors (Lipinski definition) is 1. The number of rotatable bonds is 1. The van der Waals surface area contributed by atoms with Gasteiger partial charge < -0.3 is 10.2 Å². The first-order chi connectivity index (χ1) is 9.74. The van der Waals surface area contributed by atoms with Crippen LogP contribution >= 0.6 is 0 Å². The molecule has 0 unspecified atom stereocenters. The minimum atomic E-state index is -0.434. The van der Waals surface area contributed by atoms with E-state index in [2.05, 4.69) is 11.4 Å². The molecule has 1 fully saturated rings. The smallest absolute Gasteiger partial charge is 0.312 e. The largest absolute Gasteiger partial charge is 0.345 e. The summed E-state index contributed by atoms with van der Waals surface area (Å²) in [6.45, 7) is 1.18. The van der Waals surface area contributed by atoms with Crippen LogP contribution < -0.4 is 5.32 Å². The number of amides is 2. The molecule has 4 nitrogen and oxygen atoms in total. The van der Waals surface area contributed by atoms with Crippen molar-refractivity contribution in [1.82, 2.24) is 10.2 Å². The average Bonchev–Trinajstić information content (AvgIpc) is 2.99. The standard InChI is InChI=1S/C16H20N2O2/c19-15(17-14-7-3-4-8-14)16(20)18-10-9-12-5-1-2-6-13(12)11-18/h1-2,5-6,14H,3-4,7-11H2,(H,17,19). The maximum Gasteiger partial charge on any atom is 0.312 e. The van der Waals surface area contributed by atoms with E-state index in [4.69, 9.17) is 0 Å². The monoisotopic (exact) mass is 272 g/mol. The quantitative estimate of drug-likeness (QED) is 0.790. The zero-order valence-corrected chi connectivity index (χ0v) is 11.6. The summed E-state index contributed by atoms with van der Waals surface area (Å²) in [5, 5.41) is 2.87. The van der Waals surface area contributed by atoms with Gasteiger partial charge in [-0.1, -0.05) is 37.1 Å². The Bertz CT molecular complexity index is 521. The first kappa shape index (κ1) is 13.2. The molecule has 2 aliphatic rings.